The van der Waals surface area contributed by atoms with Crippen molar-refractivity contribution in [3.05, 3.63) is 59.2 Å². The number of likely N-dealkylation sites (N-methyl/N-ethyl adjacent to an activating group) is 1. The lowest BCUT2D eigenvalue weighted by molar-refractivity contribution is -0.129. The molecule has 0 radical (unpaired) electrons. The summed E-state index contributed by atoms with van der Waals surface area (Å²) in [5.41, 5.74) is 5.48. The number of rotatable bonds is 8. The number of aryl methyl sites for hydroxylation is 1. The minimum Gasteiger partial charge on any atom is -0.493 e. The predicted octanol–water partition coefficient (Wildman–Crippen LogP) is 3.66. The van der Waals surface area contributed by atoms with Gasteiger partial charge in [-0.15, -0.1) is 0 Å². The molecule has 6 nitrogen and oxygen atoms in total. The summed E-state index contributed by atoms with van der Waals surface area (Å²) in [5, 5.41) is 0. The zero-order chi connectivity index (χ0) is 22.8. The van der Waals surface area contributed by atoms with E-state index in [1.165, 1.54) is 36.2 Å². The molecule has 0 aliphatic carbocycles. The van der Waals surface area contributed by atoms with Crippen molar-refractivity contribution in [1.82, 2.24) is 4.90 Å². The number of nitrogens with two attached hydrogens (primary N) is 1. The van der Waals surface area contributed by atoms with E-state index >= 15 is 0 Å². The van der Waals surface area contributed by atoms with E-state index in [0.717, 1.165) is 0 Å². The van der Waals surface area contributed by atoms with Crippen LogP contribution in [-0.2, 0) is 10.3 Å². The highest BCUT2D eigenvalue weighted by Gasteiger charge is 2.49. The molecule has 0 saturated heterocycles. The third-order valence-corrected chi connectivity index (χ3v) is 4.91. The van der Waals surface area contributed by atoms with Gasteiger partial charge in [0.25, 0.3) is 5.91 Å². The first kappa shape index (κ1) is 22.4. The molecule has 2 aromatic carbocycles. The number of guanidine groups is 1. The third kappa shape index (κ3) is 4.42. The minimum atomic E-state index is -2.99. The lowest BCUT2D eigenvalue weighted by Gasteiger charge is -2.27. The van der Waals surface area contributed by atoms with Crippen LogP contribution in [0.25, 0.3) is 0 Å². The Balaban J connectivity index is 2.07. The molecular formula is C21H21F4N3O3. The van der Waals surface area contributed by atoms with Crippen molar-refractivity contribution in [1.29, 1.82) is 0 Å². The van der Waals surface area contributed by atoms with Gasteiger partial charge >= 0.3 is 6.61 Å². The average molecular weight is 439 g/mol. The molecule has 1 aliphatic rings. The molecule has 3 rings (SSSR count). The maximum atomic E-state index is 13.3. The summed E-state index contributed by atoms with van der Waals surface area (Å²) >= 11 is 0. The standard InChI is InChI=1S/C21H21F4N3O3/c1-12-10-14(6-7-16(12)31-19(24)25)21(18(29)28(2)20(26)27-21)13-4-3-5-15(11-13)30-9-8-17(22)23/h3-7,10-11,17,19H,8-9H2,1-2H3,(H2,26,27). The van der Waals surface area contributed by atoms with Crippen molar-refractivity contribution in [2.75, 3.05) is 13.7 Å². The lowest BCUT2D eigenvalue weighted by atomic mass is 9.82. The summed E-state index contributed by atoms with van der Waals surface area (Å²) in [5.74, 6) is -0.243. The molecule has 2 aromatic rings. The van der Waals surface area contributed by atoms with Crippen molar-refractivity contribution in [2.24, 2.45) is 10.7 Å². The number of amides is 1. The number of ether oxygens (including phenoxy) is 2. The number of halogens is 4. The number of alkyl halides is 4. The second-order valence-electron chi connectivity index (χ2n) is 6.96. The molecule has 2 N–H and O–H groups in total. The topological polar surface area (TPSA) is 77.2 Å². The van der Waals surface area contributed by atoms with Gasteiger partial charge in [-0.05, 0) is 47.9 Å². The second kappa shape index (κ2) is 8.83. The van der Waals surface area contributed by atoms with E-state index in [4.69, 9.17) is 10.5 Å². The van der Waals surface area contributed by atoms with E-state index in [-0.39, 0.29) is 24.1 Å². The van der Waals surface area contributed by atoms with Gasteiger partial charge < -0.3 is 15.2 Å². The molecule has 31 heavy (non-hydrogen) atoms. The van der Waals surface area contributed by atoms with Gasteiger partial charge in [-0.1, -0.05) is 18.2 Å². The number of hydrogen-bond donors (Lipinski definition) is 1. The first-order valence-corrected chi connectivity index (χ1v) is 9.36. The van der Waals surface area contributed by atoms with Gasteiger partial charge in [0.1, 0.15) is 11.5 Å². The Hall–Kier alpha value is -3.30. The first-order valence-electron chi connectivity index (χ1n) is 9.36. The fraction of sp³-hybridized carbons (Fsp3) is 0.333. The SMILES string of the molecule is Cc1cc(C2(c3cccc(OCCC(F)F)c3)N=C(N)N(C)C2=O)ccc1OC(F)F. The summed E-state index contributed by atoms with van der Waals surface area (Å²) in [7, 11) is 1.47. The highest BCUT2D eigenvalue weighted by molar-refractivity contribution is 6.09. The highest BCUT2D eigenvalue weighted by atomic mass is 19.3. The second-order valence-corrected chi connectivity index (χ2v) is 6.96. The molecule has 1 unspecified atom stereocenters. The molecular weight excluding hydrogens is 418 g/mol. The van der Waals surface area contributed by atoms with E-state index in [0.29, 0.717) is 16.7 Å². The Bertz CT molecular complexity index is 1000. The van der Waals surface area contributed by atoms with E-state index in [9.17, 15) is 22.4 Å². The predicted molar refractivity (Wildman–Crippen MR) is 106 cm³/mol. The quantitative estimate of drug-likeness (QED) is 0.637. The fourth-order valence-corrected chi connectivity index (χ4v) is 3.36. The molecule has 0 fully saturated rings. The van der Waals surface area contributed by atoms with Crippen LogP contribution in [0.1, 0.15) is 23.1 Å². The molecule has 0 bridgehead atoms. The maximum Gasteiger partial charge on any atom is 0.387 e. The van der Waals surface area contributed by atoms with Crippen LogP contribution in [0.15, 0.2) is 47.5 Å². The monoisotopic (exact) mass is 439 g/mol. The van der Waals surface area contributed by atoms with Gasteiger partial charge in [0.2, 0.25) is 6.43 Å². The summed E-state index contributed by atoms with van der Waals surface area (Å²) in [6, 6.07) is 10.7. The lowest BCUT2D eigenvalue weighted by Crippen LogP contribution is -2.41. The van der Waals surface area contributed by atoms with Gasteiger partial charge in [-0.25, -0.2) is 13.8 Å². The Morgan fingerprint density at radius 1 is 1.13 bits per heavy atom. The Morgan fingerprint density at radius 3 is 2.42 bits per heavy atom. The maximum absolute atomic E-state index is 13.3. The largest absolute Gasteiger partial charge is 0.493 e. The van der Waals surface area contributed by atoms with Crippen LogP contribution in [0.5, 0.6) is 11.5 Å². The van der Waals surface area contributed by atoms with E-state index in [2.05, 4.69) is 9.73 Å². The minimum absolute atomic E-state index is 0.0282. The fourth-order valence-electron chi connectivity index (χ4n) is 3.36. The molecule has 1 aliphatic heterocycles. The summed E-state index contributed by atoms with van der Waals surface area (Å²) in [4.78, 5) is 18.9. The molecule has 0 aromatic heterocycles. The van der Waals surface area contributed by atoms with Gasteiger partial charge in [0.05, 0.1) is 6.61 Å². The number of carbonyl (C=O) groups is 1. The average Bonchev–Trinajstić information content (AvgIpc) is 2.94. The van der Waals surface area contributed by atoms with Crippen molar-refractivity contribution in [2.45, 2.75) is 31.9 Å². The van der Waals surface area contributed by atoms with Crippen LogP contribution < -0.4 is 15.2 Å². The van der Waals surface area contributed by atoms with Crippen molar-refractivity contribution >= 4 is 11.9 Å². The molecule has 1 atom stereocenters. The van der Waals surface area contributed by atoms with Crippen molar-refractivity contribution in [3.8, 4) is 11.5 Å². The Morgan fingerprint density at radius 2 is 1.84 bits per heavy atom. The van der Waals surface area contributed by atoms with Crippen LogP contribution in [0.2, 0.25) is 0 Å². The van der Waals surface area contributed by atoms with Crippen LogP contribution >= 0.6 is 0 Å². The van der Waals surface area contributed by atoms with Crippen LogP contribution in [0.4, 0.5) is 17.6 Å². The van der Waals surface area contributed by atoms with Crippen LogP contribution in [0.3, 0.4) is 0 Å². The molecule has 166 valence electrons. The number of hydrogen-bond acceptors (Lipinski definition) is 5. The molecule has 0 saturated carbocycles. The van der Waals surface area contributed by atoms with Gasteiger partial charge in [-0.2, -0.15) is 8.78 Å². The number of aliphatic imine (C=N–C) groups is 1. The van der Waals surface area contributed by atoms with Crippen LogP contribution in [0, 0.1) is 6.92 Å². The smallest absolute Gasteiger partial charge is 0.387 e. The molecule has 0 spiro atoms. The summed E-state index contributed by atoms with van der Waals surface area (Å²) in [6.45, 7) is -1.63. The normalized spacial score (nSPS) is 18.6. The number of carbonyl (C=O) groups excluding carboxylic acids is 1. The summed E-state index contributed by atoms with van der Waals surface area (Å²) < 4.78 is 59.9. The molecule has 1 amide bonds. The Kier molecular flexibility index (Phi) is 6.37. The zero-order valence-corrected chi connectivity index (χ0v) is 16.8. The van der Waals surface area contributed by atoms with E-state index < -0.39 is 30.9 Å². The van der Waals surface area contributed by atoms with Crippen molar-refractivity contribution in [3.63, 3.8) is 0 Å². The molecule has 10 heteroatoms. The summed E-state index contributed by atoms with van der Waals surface area (Å²) in [6.07, 6.45) is -2.94. The van der Waals surface area contributed by atoms with Gasteiger partial charge in [0.15, 0.2) is 11.5 Å². The molecule has 1 heterocycles. The number of nitrogens with zero attached hydrogens (tertiary/aromatic N) is 2. The van der Waals surface area contributed by atoms with Gasteiger partial charge in [-0.3, -0.25) is 9.69 Å². The van der Waals surface area contributed by atoms with E-state index in [1.54, 1.807) is 25.1 Å². The van der Waals surface area contributed by atoms with E-state index in [1.807, 2.05) is 0 Å². The van der Waals surface area contributed by atoms with Crippen molar-refractivity contribution < 1.29 is 31.8 Å². The van der Waals surface area contributed by atoms with Crippen LogP contribution in [-0.4, -0.2) is 43.5 Å². The van der Waals surface area contributed by atoms with Gasteiger partial charge in [0, 0.05) is 13.5 Å². The Labute approximate surface area is 176 Å². The number of benzene rings is 2. The first-order chi connectivity index (χ1) is 14.6. The third-order valence-electron chi connectivity index (χ3n) is 4.91. The highest BCUT2D eigenvalue weighted by Crippen LogP contribution is 2.41. The zero-order valence-electron chi connectivity index (χ0n) is 16.8.